The van der Waals surface area contributed by atoms with Gasteiger partial charge in [0, 0.05) is 78.3 Å². The van der Waals surface area contributed by atoms with E-state index in [2.05, 4.69) is 72.1 Å². The average molecular weight is 770 g/mol. The number of hydrogen-bond donors (Lipinski definition) is 0. The first-order valence-electron chi connectivity index (χ1n) is 17.1. The van der Waals surface area contributed by atoms with Gasteiger partial charge >= 0.3 is 0 Å². The van der Waals surface area contributed by atoms with Crippen molar-refractivity contribution in [3.05, 3.63) is 101 Å². The molecule has 0 radical (unpaired) electrons. The molecule has 1 fully saturated rings. The smallest absolute Gasteiger partial charge is 0.203 e. The fourth-order valence-electron chi connectivity index (χ4n) is 6.87. The highest BCUT2D eigenvalue weighted by atomic mass is 79.9. The second kappa shape index (κ2) is 17.0. The van der Waals surface area contributed by atoms with Gasteiger partial charge in [-0.1, -0.05) is 15.9 Å². The maximum atomic E-state index is 5.62. The second-order valence-electron chi connectivity index (χ2n) is 12.6. The number of halogens is 1. The lowest BCUT2D eigenvalue weighted by Gasteiger charge is -2.40. The Kier molecular flexibility index (Phi) is 12.0. The number of methoxy groups -OCH3 is 6. The monoisotopic (exact) mass is 768 g/mol. The number of hydrogen-bond acceptors (Lipinski definition) is 10. The summed E-state index contributed by atoms with van der Waals surface area (Å²) in [5.74, 6) is 3.57. The van der Waals surface area contributed by atoms with Crippen molar-refractivity contribution in [3.63, 3.8) is 0 Å². The Labute approximate surface area is 314 Å². The van der Waals surface area contributed by atoms with Gasteiger partial charge in [-0.2, -0.15) is 0 Å². The number of rotatable bonds is 14. The van der Waals surface area contributed by atoms with Crippen LogP contribution in [0.3, 0.4) is 0 Å². The highest BCUT2D eigenvalue weighted by Gasteiger charge is 2.26. The van der Waals surface area contributed by atoms with Crippen LogP contribution in [-0.4, -0.2) is 76.7 Å². The number of nitrogens with zero attached hydrogens (tertiary/aromatic N) is 4. The molecular weight excluding hydrogens is 724 g/mol. The maximum absolute atomic E-state index is 5.62. The van der Waals surface area contributed by atoms with Gasteiger partial charge < -0.3 is 33.3 Å². The van der Waals surface area contributed by atoms with E-state index in [1.807, 2.05) is 49.1 Å². The molecular formula is C41H45BrN4O6. The van der Waals surface area contributed by atoms with E-state index < -0.39 is 0 Å². The van der Waals surface area contributed by atoms with Crippen molar-refractivity contribution in [3.8, 4) is 56.8 Å². The number of benzene rings is 3. The number of likely N-dealkylation sites (tertiary alicyclic amines) is 1. The molecule has 1 aliphatic heterocycles. The zero-order valence-corrected chi connectivity index (χ0v) is 32.1. The van der Waals surface area contributed by atoms with E-state index in [-0.39, 0.29) is 0 Å². The van der Waals surface area contributed by atoms with Crippen LogP contribution in [0.1, 0.15) is 24.0 Å². The zero-order chi connectivity index (χ0) is 36.6. The summed E-state index contributed by atoms with van der Waals surface area (Å²) in [5, 5.41) is 0. The molecule has 0 amide bonds. The molecule has 0 aliphatic carbocycles. The van der Waals surface area contributed by atoms with Gasteiger partial charge in [-0.15, -0.1) is 0 Å². The summed E-state index contributed by atoms with van der Waals surface area (Å²) in [4.78, 5) is 14.3. The number of pyridine rings is 2. The van der Waals surface area contributed by atoms with Crippen molar-refractivity contribution in [2.75, 3.05) is 60.6 Å². The topological polar surface area (TPSA) is 87.6 Å². The molecule has 1 saturated heterocycles. The van der Waals surface area contributed by atoms with Gasteiger partial charge in [0.25, 0.3) is 0 Å². The standard InChI is InChI=1S/C41H45BrN4O6/c1-47-36-17-29(18-37(48-2)40(36)51-5)31-15-27(21-43-23-31)25-45-13-11-35(12-14-45)46(34-9-7-33(42)8-10-34)26-28-16-32(24-44-22-28)30-19-38(49-3)41(52-6)39(20-30)50-4/h7-10,15-24,35H,11-14,25-26H2,1-6H3. The molecule has 272 valence electrons. The van der Waals surface area contributed by atoms with Gasteiger partial charge in [-0.05, 0) is 95.8 Å². The maximum Gasteiger partial charge on any atom is 0.203 e. The van der Waals surface area contributed by atoms with Crippen LogP contribution < -0.4 is 33.3 Å². The van der Waals surface area contributed by atoms with Crippen LogP contribution >= 0.6 is 15.9 Å². The molecule has 10 nitrogen and oxygen atoms in total. The highest BCUT2D eigenvalue weighted by Crippen LogP contribution is 2.42. The van der Waals surface area contributed by atoms with Gasteiger partial charge in [0.15, 0.2) is 23.0 Å². The summed E-state index contributed by atoms with van der Waals surface area (Å²) in [5.41, 5.74) is 7.32. The third-order valence-electron chi connectivity index (χ3n) is 9.50. The predicted octanol–water partition coefficient (Wildman–Crippen LogP) is 8.30. The van der Waals surface area contributed by atoms with Crippen molar-refractivity contribution in [1.29, 1.82) is 0 Å². The normalized spacial score (nSPS) is 13.4. The minimum absolute atomic E-state index is 0.353. The summed E-state index contributed by atoms with van der Waals surface area (Å²) < 4.78 is 34.5. The largest absolute Gasteiger partial charge is 0.493 e. The third kappa shape index (κ3) is 8.21. The summed E-state index contributed by atoms with van der Waals surface area (Å²) in [7, 11) is 9.73. The molecule has 0 unspecified atom stereocenters. The Balaban J connectivity index is 1.19. The molecule has 2 aromatic heterocycles. The molecule has 52 heavy (non-hydrogen) atoms. The van der Waals surface area contributed by atoms with E-state index in [1.54, 1.807) is 42.7 Å². The number of aromatic nitrogens is 2. The lowest BCUT2D eigenvalue weighted by atomic mass is 9.99. The number of anilines is 1. The minimum atomic E-state index is 0.353. The molecule has 0 bridgehead atoms. The average Bonchev–Trinajstić information content (AvgIpc) is 3.19. The van der Waals surface area contributed by atoms with Gasteiger partial charge in [-0.3, -0.25) is 14.9 Å². The highest BCUT2D eigenvalue weighted by molar-refractivity contribution is 9.10. The molecule has 5 aromatic rings. The van der Waals surface area contributed by atoms with Crippen molar-refractivity contribution in [1.82, 2.24) is 14.9 Å². The Morgan fingerprint density at radius 3 is 1.52 bits per heavy atom. The molecule has 0 saturated carbocycles. The van der Waals surface area contributed by atoms with Crippen LogP contribution in [0.2, 0.25) is 0 Å². The second-order valence-corrected chi connectivity index (χ2v) is 13.5. The van der Waals surface area contributed by atoms with Gasteiger partial charge in [-0.25, -0.2) is 0 Å². The van der Waals surface area contributed by atoms with Gasteiger partial charge in [0.05, 0.1) is 42.7 Å². The van der Waals surface area contributed by atoms with Crippen LogP contribution in [0.4, 0.5) is 5.69 Å². The van der Waals surface area contributed by atoms with E-state index in [1.165, 1.54) is 5.69 Å². The van der Waals surface area contributed by atoms with E-state index in [0.29, 0.717) is 40.5 Å². The molecule has 3 aromatic carbocycles. The summed E-state index contributed by atoms with van der Waals surface area (Å²) >= 11 is 3.62. The van der Waals surface area contributed by atoms with E-state index in [4.69, 9.17) is 28.4 Å². The summed E-state index contributed by atoms with van der Waals surface area (Å²) in [6, 6.07) is 21.2. The van der Waals surface area contributed by atoms with Gasteiger partial charge in [0.1, 0.15) is 0 Å². The van der Waals surface area contributed by atoms with Crippen LogP contribution in [0.15, 0.2) is 89.9 Å². The molecule has 0 N–H and O–H groups in total. The molecule has 0 atom stereocenters. The zero-order valence-electron chi connectivity index (χ0n) is 30.5. The Morgan fingerprint density at radius 1 is 0.596 bits per heavy atom. The van der Waals surface area contributed by atoms with Gasteiger partial charge in [0.2, 0.25) is 11.5 Å². The first-order chi connectivity index (χ1) is 25.4. The molecule has 1 aliphatic rings. The first-order valence-corrected chi connectivity index (χ1v) is 17.9. The Hall–Kier alpha value is -5.00. The molecule has 3 heterocycles. The Morgan fingerprint density at radius 2 is 1.06 bits per heavy atom. The third-order valence-corrected chi connectivity index (χ3v) is 10.0. The van der Waals surface area contributed by atoms with E-state index in [0.717, 1.165) is 76.9 Å². The van der Waals surface area contributed by atoms with Crippen LogP contribution in [-0.2, 0) is 13.1 Å². The Bertz CT molecular complexity index is 1920. The lowest BCUT2D eigenvalue weighted by molar-refractivity contribution is 0.200. The predicted molar refractivity (Wildman–Crippen MR) is 207 cm³/mol. The quantitative estimate of drug-likeness (QED) is 0.110. The number of piperidine rings is 1. The van der Waals surface area contributed by atoms with Crippen molar-refractivity contribution < 1.29 is 28.4 Å². The van der Waals surface area contributed by atoms with Crippen molar-refractivity contribution in [2.45, 2.75) is 32.0 Å². The number of ether oxygens (including phenoxy) is 6. The van der Waals surface area contributed by atoms with Crippen LogP contribution in [0, 0.1) is 0 Å². The lowest BCUT2D eigenvalue weighted by Crippen LogP contribution is -2.44. The molecule has 11 heteroatoms. The summed E-state index contributed by atoms with van der Waals surface area (Å²) in [6.07, 6.45) is 9.70. The fraction of sp³-hybridized carbons (Fsp3) is 0.317. The van der Waals surface area contributed by atoms with Crippen molar-refractivity contribution in [2.24, 2.45) is 0 Å². The molecule has 0 spiro atoms. The van der Waals surface area contributed by atoms with Crippen molar-refractivity contribution >= 4 is 21.6 Å². The first kappa shape index (κ1) is 36.8. The summed E-state index contributed by atoms with van der Waals surface area (Å²) in [6.45, 7) is 3.47. The van der Waals surface area contributed by atoms with E-state index in [9.17, 15) is 0 Å². The molecule has 6 rings (SSSR count). The van der Waals surface area contributed by atoms with Crippen LogP contribution in [0.25, 0.3) is 22.3 Å². The fourth-order valence-corrected chi connectivity index (χ4v) is 7.13. The van der Waals surface area contributed by atoms with Crippen LogP contribution in [0.5, 0.6) is 34.5 Å². The van der Waals surface area contributed by atoms with E-state index >= 15 is 0 Å². The minimum Gasteiger partial charge on any atom is -0.493 e. The SMILES string of the molecule is COc1cc(-c2cncc(CN3CCC(N(Cc4cncc(-c5cc(OC)c(OC)c(OC)c5)c4)c4ccc(Br)cc4)CC3)c2)cc(OC)c1OC.